The van der Waals surface area contributed by atoms with Crippen molar-refractivity contribution >= 4 is 107 Å². The van der Waals surface area contributed by atoms with Gasteiger partial charge in [-0.1, -0.05) is 322 Å². The van der Waals surface area contributed by atoms with Crippen LogP contribution in [0.5, 0.6) is 0 Å². The Hall–Kier alpha value is -15.2. The topological polar surface area (TPSA) is 87.2 Å². The van der Waals surface area contributed by atoms with E-state index in [2.05, 4.69) is 373 Å². The van der Waals surface area contributed by atoms with Gasteiger partial charge in [0.2, 0.25) is 5.95 Å². The highest BCUT2D eigenvalue weighted by Crippen LogP contribution is 2.47. The first-order valence-corrected chi connectivity index (χ1v) is 41.3. The van der Waals surface area contributed by atoms with Gasteiger partial charge in [0.05, 0.1) is 22.1 Å². The zero-order valence-electron chi connectivity index (χ0n) is 63.5. The normalized spacial score (nSPS) is 11.7. The molecule has 0 aliphatic heterocycles. The fraction of sp³-hybridized carbons (Fsp3) is 0. The van der Waals surface area contributed by atoms with Crippen LogP contribution in [0.25, 0.3) is 230 Å². The Kier molecular flexibility index (Phi) is 16.5. The first kappa shape index (κ1) is 68.4. The molecule has 6 aromatic heterocycles. The lowest BCUT2D eigenvalue weighted by atomic mass is 9.95. The molecule has 118 heavy (non-hydrogen) atoms. The Labute approximate surface area is 687 Å². The molecule has 23 rings (SSSR count). The van der Waals surface area contributed by atoms with Gasteiger partial charge in [0, 0.05) is 95.4 Å². The number of thiophene rings is 2. The van der Waals surface area contributed by atoms with Crippen LogP contribution in [-0.2, 0) is 0 Å². The van der Waals surface area contributed by atoms with Crippen molar-refractivity contribution in [1.29, 1.82) is 0 Å². The smallest absolute Gasteiger partial charge is 0.238 e. The van der Waals surface area contributed by atoms with E-state index >= 15 is 0 Å². The van der Waals surface area contributed by atoms with Gasteiger partial charge in [-0.15, -0.1) is 22.7 Å². The molecule has 0 aliphatic rings. The number of rotatable bonds is 14. The summed E-state index contributed by atoms with van der Waals surface area (Å²) in [7, 11) is 0. The molecule has 0 saturated heterocycles. The molecule has 0 aliphatic carbocycles. The van der Waals surface area contributed by atoms with Gasteiger partial charge in [0.1, 0.15) is 0 Å². The third kappa shape index (κ3) is 12.0. The molecule has 0 bridgehead atoms. The molecule has 6 heterocycles. The molecule has 0 atom stereocenters. The van der Waals surface area contributed by atoms with Crippen LogP contribution in [0.15, 0.2) is 400 Å². The van der Waals surface area contributed by atoms with Crippen molar-refractivity contribution in [1.82, 2.24) is 39.0 Å². The Morgan fingerprint density at radius 3 is 1.05 bits per heavy atom. The van der Waals surface area contributed by atoms with Crippen LogP contribution in [0.4, 0.5) is 0 Å². The maximum Gasteiger partial charge on any atom is 0.238 e. The molecule has 23 aromatic rings. The first-order chi connectivity index (χ1) is 58.4. The molecule has 10 heteroatoms. The highest BCUT2D eigenvalue weighted by Gasteiger charge is 2.24. The van der Waals surface area contributed by atoms with Crippen LogP contribution >= 0.6 is 22.7 Å². The summed E-state index contributed by atoms with van der Waals surface area (Å²) in [6.45, 7) is 0. The summed E-state index contributed by atoms with van der Waals surface area (Å²) in [4.78, 5) is 31.5. The molecule has 8 nitrogen and oxygen atoms in total. The Morgan fingerprint density at radius 2 is 0.508 bits per heavy atom. The zero-order chi connectivity index (χ0) is 77.7. The largest absolute Gasteiger partial charge is 0.309 e. The lowest BCUT2D eigenvalue weighted by Gasteiger charge is -2.12. The van der Waals surface area contributed by atoms with E-state index in [4.69, 9.17) is 29.9 Å². The molecular formula is C108H66N8S2. The molecule has 17 aromatic carbocycles. The molecule has 0 radical (unpaired) electrons. The number of hydrogen-bond acceptors (Lipinski definition) is 8. The van der Waals surface area contributed by atoms with E-state index < -0.39 is 0 Å². The maximum atomic E-state index is 5.41. The van der Waals surface area contributed by atoms with Crippen molar-refractivity contribution in [2.24, 2.45) is 0 Å². The van der Waals surface area contributed by atoms with Crippen LogP contribution in [0, 0.1) is 0 Å². The van der Waals surface area contributed by atoms with Gasteiger partial charge in [-0.05, 0) is 157 Å². The third-order valence-corrected chi connectivity index (χ3v) is 25.6. The van der Waals surface area contributed by atoms with Gasteiger partial charge in [-0.2, -0.15) is 9.97 Å². The fourth-order valence-electron chi connectivity index (χ4n) is 17.3. The van der Waals surface area contributed by atoms with Gasteiger partial charge in [-0.3, -0.25) is 4.57 Å². The van der Waals surface area contributed by atoms with Crippen molar-refractivity contribution in [3.8, 4) is 146 Å². The van der Waals surface area contributed by atoms with Crippen LogP contribution in [0.3, 0.4) is 0 Å². The van der Waals surface area contributed by atoms with E-state index in [1.54, 1.807) is 0 Å². The standard InChI is InChI=1S/C108H66N8S2/c1-5-21-67(22-6-1)68-41-43-70(44-42-68)79-58-61-98-92(64-79)88-37-19-35-86(102(88)118-98)73-51-55-77(56-52-73)106-112-105(75-25-9-3-10-26-75)113-108(114-106)116-95-39-16-14-32-90(95)100-84(33-20-40-97(100)116)81-28-17-27-78(63-81)69-45-47-71(48-46-69)80-59-62-99-93(65-80)89-36-18-34-85(101(89)117-99)72-49-53-76(54-50-72)104-109-103(74-23-7-2-8-24-74)110-107(111-104)82-57-60-96-91(66-82)87-31-13-15-38-94(87)115(96)83-29-11-4-12-30-83/h1-66H. The maximum absolute atomic E-state index is 5.41. The summed E-state index contributed by atoms with van der Waals surface area (Å²) < 4.78 is 9.57. The molecule has 0 unspecified atom stereocenters. The lowest BCUT2D eigenvalue weighted by molar-refractivity contribution is 0.953. The van der Waals surface area contributed by atoms with E-state index in [1.165, 1.54) is 84.7 Å². The minimum Gasteiger partial charge on any atom is -0.309 e. The van der Waals surface area contributed by atoms with Crippen molar-refractivity contribution in [2.75, 3.05) is 0 Å². The number of para-hydroxylation sites is 3. The fourth-order valence-corrected chi connectivity index (χ4v) is 19.8. The van der Waals surface area contributed by atoms with Gasteiger partial charge in [-0.25, -0.2) is 19.9 Å². The summed E-state index contributed by atoms with van der Waals surface area (Å²) in [5.41, 5.74) is 26.3. The molecule has 0 amide bonds. The SMILES string of the molecule is c1ccc(-c2ccc(-c3ccc4sc5c(-c6ccc(-c7nc(-c8ccccc8)nc(-n8c9ccccc9c9c(-c%10cccc(-c%11ccc(-c%12ccc%13sc%14c(-c%15ccc(-c%16nc(-c%17ccccc%17)nc(-c%17ccc%18c(c%17)c%17ccccc%17n%18-c%17ccccc%17)n%16)cc%15)cccc%14c%13c%12)cc%11)c%10)cccc98)n7)cc6)cccc5c4c3)cc2)cc1. The monoisotopic (exact) mass is 1540 g/mol. The van der Waals surface area contributed by atoms with Crippen LogP contribution in [0.1, 0.15) is 0 Å². The Morgan fingerprint density at radius 1 is 0.178 bits per heavy atom. The molecule has 550 valence electrons. The van der Waals surface area contributed by atoms with Gasteiger partial charge in [0.25, 0.3) is 0 Å². The van der Waals surface area contributed by atoms with E-state index in [9.17, 15) is 0 Å². The van der Waals surface area contributed by atoms with Gasteiger partial charge in [0.15, 0.2) is 29.1 Å². The second-order valence-electron chi connectivity index (χ2n) is 30.0. The summed E-state index contributed by atoms with van der Waals surface area (Å²) >= 11 is 3.69. The predicted molar refractivity (Wildman–Crippen MR) is 493 cm³/mol. The number of nitrogens with zero attached hydrogens (tertiary/aromatic N) is 8. The van der Waals surface area contributed by atoms with Gasteiger partial charge < -0.3 is 4.57 Å². The minimum atomic E-state index is 0.547. The molecule has 0 saturated carbocycles. The van der Waals surface area contributed by atoms with Crippen LogP contribution in [-0.4, -0.2) is 39.0 Å². The first-order valence-electron chi connectivity index (χ1n) is 39.7. The van der Waals surface area contributed by atoms with Gasteiger partial charge >= 0.3 is 0 Å². The van der Waals surface area contributed by atoms with Crippen molar-refractivity contribution in [3.05, 3.63) is 400 Å². The van der Waals surface area contributed by atoms with Crippen molar-refractivity contribution in [2.45, 2.75) is 0 Å². The summed E-state index contributed by atoms with van der Waals surface area (Å²) in [6, 6.07) is 143. The average molecular weight is 1540 g/mol. The number of fused-ring (bicyclic) bond motifs is 12. The van der Waals surface area contributed by atoms with Crippen molar-refractivity contribution < 1.29 is 0 Å². The molecular weight excluding hydrogens is 1470 g/mol. The summed E-state index contributed by atoms with van der Waals surface area (Å²) in [5, 5.41) is 9.54. The average Bonchev–Trinajstić information content (AvgIpc) is 1.58. The highest BCUT2D eigenvalue weighted by molar-refractivity contribution is 7.26. The molecule has 0 spiro atoms. The second kappa shape index (κ2) is 28.4. The third-order valence-electron chi connectivity index (χ3n) is 23.1. The van der Waals surface area contributed by atoms with Crippen LogP contribution in [0.2, 0.25) is 0 Å². The number of hydrogen-bond donors (Lipinski definition) is 0. The number of benzene rings is 17. The second-order valence-corrected chi connectivity index (χ2v) is 32.1. The highest BCUT2D eigenvalue weighted by atomic mass is 32.1. The van der Waals surface area contributed by atoms with E-state index in [-0.39, 0.29) is 0 Å². The Bertz CT molecular complexity index is 7870. The predicted octanol–water partition coefficient (Wildman–Crippen LogP) is 29.0. The lowest BCUT2D eigenvalue weighted by Crippen LogP contribution is -2.06. The summed E-state index contributed by atoms with van der Waals surface area (Å²) in [6.07, 6.45) is 0. The molecule has 0 fully saturated rings. The van der Waals surface area contributed by atoms with E-state index in [1.807, 2.05) is 59.1 Å². The minimum absolute atomic E-state index is 0.547. The molecule has 0 N–H and O–H groups in total. The quantitative estimate of drug-likeness (QED) is 0.108. The Balaban J connectivity index is 0.530. The van der Waals surface area contributed by atoms with Crippen molar-refractivity contribution in [3.63, 3.8) is 0 Å². The van der Waals surface area contributed by atoms with E-state index in [0.29, 0.717) is 35.1 Å². The van der Waals surface area contributed by atoms with Crippen LogP contribution < -0.4 is 0 Å². The van der Waals surface area contributed by atoms with E-state index in [0.717, 1.165) is 111 Å². The summed E-state index contributed by atoms with van der Waals surface area (Å²) in [5.74, 6) is 3.60. The zero-order valence-corrected chi connectivity index (χ0v) is 65.1. The number of aromatic nitrogens is 8.